The first kappa shape index (κ1) is 20.9. The van der Waals surface area contributed by atoms with Crippen molar-refractivity contribution in [3.05, 3.63) is 35.4 Å². The molecule has 0 aliphatic carbocycles. The molecule has 0 bridgehead atoms. The van der Waals surface area contributed by atoms with Crippen LogP contribution in [0.4, 0.5) is 13.2 Å². The number of nitrogens with zero attached hydrogens (tertiary/aromatic N) is 3. The van der Waals surface area contributed by atoms with Gasteiger partial charge in [-0.1, -0.05) is 12.1 Å². The third kappa shape index (κ3) is 5.38. The average Bonchev–Trinajstić information content (AvgIpc) is 3.22. The minimum atomic E-state index is -4.32. The Morgan fingerprint density at radius 1 is 1.11 bits per heavy atom. The predicted octanol–water partition coefficient (Wildman–Crippen LogP) is 3.14. The molecule has 1 unspecified atom stereocenters. The summed E-state index contributed by atoms with van der Waals surface area (Å²) >= 11 is 0. The van der Waals surface area contributed by atoms with Gasteiger partial charge in [0.1, 0.15) is 0 Å². The number of benzene rings is 1. The standard InChI is InChI=1S/C20H29F3N4O/c1-2-24-19(27-9-3-4-10-27)25-15-18(26-11-13-28-14-12-26)16-5-7-17(8-6-16)20(21,22)23/h5-8,18H,2-4,9-15H2,1H3,(H,24,25). The quantitative estimate of drug-likeness (QED) is 0.611. The minimum absolute atomic E-state index is 0.0672. The van der Waals surface area contributed by atoms with Crippen molar-refractivity contribution in [2.24, 2.45) is 4.99 Å². The van der Waals surface area contributed by atoms with Crippen LogP contribution in [0.3, 0.4) is 0 Å². The van der Waals surface area contributed by atoms with Gasteiger partial charge < -0.3 is 15.0 Å². The summed E-state index contributed by atoms with van der Waals surface area (Å²) in [6.45, 7) is 8.09. The highest BCUT2D eigenvalue weighted by Crippen LogP contribution is 2.31. The van der Waals surface area contributed by atoms with E-state index in [0.717, 1.165) is 69.2 Å². The van der Waals surface area contributed by atoms with Crippen molar-refractivity contribution >= 4 is 5.96 Å². The summed E-state index contributed by atoms with van der Waals surface area (Å²) in [5.41, 5.74) is 0.238. The van der Waals surface area contributed by atoms with Crippen molar-refractivity contribution < 1.29 is 17.9 Å². The van der Waals surface area contributed by atoms with Gasteiger partial charge in [-0.15, -0.1) is 0 Å². The largest absolute Gasteiger partial charge is 0.416 e. The lowest BCUT2D eigenvalue weighted by Gasteiger charge is -2.34. The zero-order valence-corrected chi connectivity index (χ0v) is 16.3. The fourth-order valence-electron chi connectivity index (χ4n) is 3.74. The molecule has 0 amide bonds. The van der Waals surface area contributed by atoms with E-state index in [4.69, 9.17) is 9.73 Å². The number of aliphatic imine (C=N–C) groups is 1. The molecule has 0 saturated carbocycles. The van der Waals surface area contributed by atoms with E-state index in [-0.39, 0.29) is 6.04 Å². The Hall–Kier alpha value is -1.80. The van der Waals surface area contributed by atoms with Crippen molar-refractivity contribution in [3.63, 3.8) is 0 Å². The van der Waals surface area contributed by atoms with Crippen LogP contribution in [-0.4, -0.2) is 68.2 Å². The summed E-state index contributed by atoms with van der Waals surface area (Å²) in [5, 5.41) is 3.35. The molecule has 2 fully saturated rings. The Labute approximate surface area is 164 Å². The molecule has 28 heavy (non-hydrogen) atoms. The van der Waals surface area contributed by atoms with E-state index in [0.29, 0.717) is 19.8 Å². The number of hydrogen-bond acceptors (Lipinski definition) is 3. The van der Waals surface area contributed by atoms with Gasteiger partial charge in [0.05, 0.1) is 31.4 Å². The lowest BCUT2D eigenvalue weighted by Crippen LogP contribution is -2.42. The second-order valence-electron chi connectivity index (χ2n) is 7.17. The Balaban J connectivity index is 1.81. The van der Waals surface area contributed by atoms with E-state index in [9.17, 15) is 13.2 Å². The monoisotopic (exact) mass is 398 g/mol. The maximum atomic E-state index is 12.9. The van der Waals surface area contributed by atoms with Gasteiger partial charge in [-0.3, -0.25) is 9.89 Å². The summed E-state index contributed by atoms with van der Waals surface area (Å²) in [5.74, 6) is 0.894. The van der Waals surface area contributed by atoms with Crippen LogP contribution in [0.15, 0.2) is 29.3 Å². The lowest BCUT2D eigenvalue weighted by molar-refractivity contribution is -0.137. The molecular weight excluding hydrogens is 369 g/mol. The first-order valence-corrected chi connectivity index (χ1v) is 10.0. The van der Waals surface area contributed by atoms with E-state index >= 15 is 0 Å². The molecular formula is C20H29F3N4O. The molecule has 2 heterocycles. The van der Waals surface area contributed by atoms with Gasteiger partial charge in [0, 0.05) is 32.7 Å². The van der Waals surface area contributed by atoms with Crippen LogP contribution in [0, 0.1) is 0 Å². The van der Waals surface area contributed by atoms with Crippen LogP contribution in [0.25, 0.3) is 0 Å². The summed E-state index contributed by atoms with van der Waals surface area (Å²) in [4.78, 5) is 9.36. The molecule has 0 spiro atoms. The number of ether oxygens (including phenoxy) is 1. The number of hydrogen-bond donors (Lipinski definition) is 1. The summed E-state index contributed by atoms with van der Waals surface area (Å²) in [6, 6.07) is 5.43. The van der Waals surface area contributed by atoms with E-state index < -0.39 is 11.7 Å². The molecule has 1 atom stereocenters. The van der Waals surface area contributed by atoms with E-state index in [2.05, 4.69) is 15.1 Å². The van der Waals surface area contributed by atoms with Gasteiger partial charge in [-0.25, -0.2) is 0 Å². The Morgan fingerprint density at radius 2 is 1.75 bits per heavy atom. The van der Waals surface area contributed by atoms with Crippen LogP contribution >= 0.6 is 0 Å². The molecule has 0 aromatic heterocycles. The lowest BCUT2D eigenvalue weighted by atomic mass is 10.0. The van der Waals surface area contributed by atoms with Crippen molar-refractivity contribution in [2.45, 2.75) is 32.0 Å². The van der Waals surface area contributed by atoms with Gasteiger partial charge in [-0.05, 0) is 37.5 Å². The fourth-order valence-corrected chi connectivity index (χ4v) is 3.74. The molecule has 1 aromatic rings. The van der Waals surface area contributed by atoms with E-state index in [1.165, 1.54) is 0 Å². The van der Waals surface area contributed by atoms with Crippen LogP contribution < -0.4 is 5.32 Å². The Morgan fingerprint density at radius 3 is 2.32 bits per heavy atom. The topological polar surface area (TPSA) is 40.1 Å². The number of halogens is 3. The predicted molar refractivity (Wildman–Crippen MR) is 103 cm³/mol. The summed E-state index contributed by atoms with van der Waals surface area (Å²) in [6.07, 6.45) is -1.99. The second kappa shape index (κ2) is 9.60. The normalized spacial score (nSPS) is 20.4. The molecule has 3 rings (SSSR count). The fraction of sp³-hybridized carbons (Fsp3) is 0.650. The maximum absolute atomic E-state index is 12.9. The van der Waals surface area contributed by atoms with Crippen molar-refractivity contribution in [2.75, 3.05) is 52.5 Å². The molecule has 1 aromatic carbocycles. The third-order valence-electron chi connectivity index (χ3n) is 5.26. The smallest absolute Gasteiger partial charge is 0.379 e. The number of likely N-dealkylation sites (tertiary alicyclic amines) is 1. The minimum Gasteiger partial charge on any atom is -0.379 e. The van der Waals surface area contributed by atoms with Gasteiger partial charge in [0.25, 0.3) is 0 Å². The zero-order valence-electron chi connectivity index (χ0n) is 16.3. The molecule has 0 radical (unpaired) electrons. The van der Waals surface area contributed by atoms with Crippen LogP contribution in [0.2, 0.25) is 0 Å². The van der Waals surface area contributed by atoms with Crippen LogP contribution in [0.1, 0.15) is 36.9 Å². The number of nitrogens with one attached hydrogen (secondary N) is 1. The molecule has 1 N–H and O–H groups in total. The second-order valence-corrected chi connectivity index (χ2v) is 7.17. The molecule has 2 aliphatic heterocycles. The highest BCUT2D eigenvalue weighted by molar-refractivity contribution is 5.80. The first-order valence-electron chi connectivity index (χ1n) is 10.0. The van der Waals surface area contributed by atoms with Crippen molar-refractivity contribution in [3.8, 4) is 0 Å². The van der Waals surface area contributed by atoms with Crippen molar-refractivity contribution in [1.82, 2.24) is 15.1 Å². The molecule has 2 saturated heterocycles. The number of guanidine groups is 1. The van der Waals surface area contributed by atoms with Crippen molar-refractivity contribution in [1.29, 1.82) is 0 Å². The number of alkyl halides is 3. The van der Waals surface area contributed by atoms with E-state index in [1.807, 2.05) is 6.92 Å². The van der Waals surface area contributed by atoms with Gasteiger partial charge in [0.2, 0.25) is 0 Å². The highest BCUT2D eigenvalue weighted by Gasteiger charge is 2.31. The SMILES string of the molecule is CCNC(=NCC(c1ccc(C(F)(F)F)cc1)N1CCOCC1)N1CCCC1. The summed E-state index contributed by atoms with van der Waals surface area (Å²) < 4.78 is 44.2. The van der Waals surface area contributed by atoms with Gasteiger partial charge >= 0.3 is 6.18 Å². The maximum Gasteiger partial charge on any atom is 0.416 e. The third-order valence-corrected chi connectivity index (χ3v) is 5.26. The Kier molecular flexibility index (Phi) is 7.18. The van der Waals surface area contributed by atoms with Gasteiger partial charge in [-0.2, -0.15) is 13.2 Å². The van der Waals surface area contributed by atoms with Crippen LogP contribution in [0.5, 0.6) is 0 Å². The van der Waals surface area contributed by atoms with Crippen LogP contribution in [-0.2, 0) is 10.9 Å². The zero-order chi connectivity index (χ0) is 20.0. The first-order chi connectivity index (χ1) is 13.5. The number of rotatable bonds is 5. The van der Waals surface area contributed by atoms with Gasteiger partial charge in [0.15, 0.2) is 5.96 Å². The molecule has 5 nitrogen and oxygen atoms in total. The molecule has 8 heteroatoms. The molecule has 156 valence electrons. The Bertz CT molecular complexity index is 636. The average molecular weight is 398 g/mol. The summed E-state index contributed by atoms with van der Waals surface area (Å²) in [7, 11) is 0. The number of morpholine rings is 1. The molecule has 2 aliphatic rings. The van der Waals surface area contributed by atoms with E-state index in [1.54, 1.807) is 12.1 Å². The highest BCUT2D eigenvalue weighted by atomic mass is 19.4.